The molecule has 2 aromatic carbocycles. The zero-order valence-electron chi connectivity index (χ0n) is 9.49. The van der Waals surface area contributed by atoms with Crippen LogP contribution in [-0.2, 0) is 5.33 Å². The van der Waals surface area contributed by atoms with Gasteiger partial charge in [-0.3, -0.25) is 4.79 Å². The smallest absolute Gasteiger partial charge is 0.255 e. The van der Waals surface area contributed by atoms with Crippen molar-refractivity contribution >= 4 is 27.5 Å². The van der Waals surface area contributed by atoms with E-state index < -0.39 is 0 Å². The molecule has 0 atom stereocenters. The summed E-state index contributed by atoms with van der Waals surface area (Å²) in [6.07, 6.45) is 0. The van der Waals surface area contributed by atoms with Gasteiger partial charge in [0.2, 0.25) is 0 Å². The predicted octanol–water partition coefficient (Wildman–Crippen LogP) is 3.97. The molecule has 4 heteroatoms. The summed E-state index contributed by atoms with van der Waals surface area (Å²) < 4.78 is 12.7. The SMILES string of the molecule is O=C(Nc1cccc(CBr)c1)c1ccc(F)cc1. The average molecular weight is 308 g/mol. The minimum atomic E-state index is -0.354. The van der Waals surface area contributed by atoms with Gasteiger partial charge in [0, 0.05) is 16.6 Å². The lowest BCUT2D eigenvalue weighted by Crippen LogP contribution is -2.11. The Morgan fingerprint density at radius 2 is 1.89 bits per heavy atom. The lowest BCUT2D eigenvalue weighted by molar-refractivity contribution is 0.102. The lowest BCUT2D eigenvalue weighted by Gasteiger charge is -2.06. The monoisotopic (exact) mass is 307 g/mol. The summed E-state index contributed by atoms with van der Waals surface area (Å²) in [5.74, 6) is -0.602. The van der Waals surface area contributed by atoms with E-state index in [-0.39, 0.29) is 11.7 Å². The second-order valence-corrected chi connectivity index (χ2v) is 4.36. The van der Waals surface area contributed by atoms with Gasteiger partial charge in [-0.05, 0) is 42.0 Å². The minimum Gasteiger partial charge on any atom is -0.322 e. The molecular formula is C14H11BrFNO. The fourth-order valence-corrected chi connectivity index (χ4v) is 1.89. The maximum Gasteiger partial charge on any atom is 0.255 e. The Kier molecular flexibility index (Phi) is 4.10. The molecule has 0 saturated carbocycles. The average Bonchev–Trinajstić information content (AvgIpc) is 2.39. The molecule has 0 spiro atoms. The van der Waals surface area contributed by atoms with Crippen LogP contribution < -0.4 is 5.32 Å². The van der Waals surface area contributed by atoms with E-state index in [1.165, 1.54) is 24.3 Å². The first-order chi connectivity index (χ1) is 8.69. The van der Waals surface area contributed by atoms with Gasteiger partial charge in [-0.1, -0.05) is 28.1 Å². The van der Waals surface area contributed by atoms with E-state index in [9.17, 15) is 9.18 Å². The molecule has 0 radical (unpaired) electrons. The Labute approximate surface area is 113 Å². The summed E-state index contributed by atoms with van der Waals surface area (Å²) in [7, 11) is 0. The molecule has 2 aromatic rings. The summed E-state index contributed by atoms with van der Waals surface area (Å²) in [4.78, 5) is 11.9. The number of alkyl halides is 1. The summed E-state index contributed by atoms with van der Waals surface area (Å²) >= 11 is 3.36. The number of rotatable bonds is 3. The van der Waals surface area contributed by atoms with Crippen molar-refractivity contribution in [3.8, 4) is 0 Å². The van der Waals surface area contributed by atoms with Crippen molar-refractivity contribution in [2.45, 2.75) is 5.33 Å². The minimum absolute atomic E-state index is 0.248. The van der Waals surface area contributed by atoms with Gasteiger partial charge in [0.1, 0.15) is 5.82 Å². The van der Waals surface area contributed by atoms with Crippen molar-refractivity contribution in [3.63, 3.8) is 0 Å². The van der Waals surface area contributed by atoms with Crippen molar-refractivity contribution in [1.82, 2.24) is 0 Å². The van der Waals surface area contributed by atoms with Crippen molar-refractivity contribution < 1.29 is 9.18 Å². The number of benzene rings is 2. The molecule has 0 unspecified atom stereocenters. The van der Waals surface area contributed by atoms with E-state index in [0.29, 0.717) is 5.56 Å². The molecule has 0 aromatic heterocycles. The molecule has 0 heterocycles. The summed E-state index contributed by atoms with van der Waals surface area (Å²) in [6, 6.07) is 13.0. The topological polar surface area (TPSA) is 29.1 Å². The molecule has 18 heavy (non-hydrogen) atoms. The van der Waals surface area contributed by atoms with Crippen molar-refractivity contribution in [2.75, 3.05) is 5.32 Å². The van der Waals surface area contributed by atoms with Crippen molar-refractivity contribution in [1.29, 1.82) is 0 Å². The highest BCUT2D eigenvalue weighted by atomic mass is 79.9. The second-order valence-electron chi connectivity index (χ2n) is 3.80. The maximum absolute atomic E-state index is 12.7. The molecule has 0 fully saturated rings. The number of nitrogens with one attached hydrogen (secondary N) is 1. The largest absolute Gasteiger partial charge is 0.322 e. The number of hydrogen-bond acceptors (Lipinski definition) is 1. The molecule has 2 nitrogen and oxygen atoms in total. The van der Waals surface area contributed by atoms with Gasteiger partial charge in [-0.2, -0.15) is 0 Å². The van der Waals surface area contributed by atoms with Crippen LogP contribution in [0.25, 0.3) is 0 Å². The number of hydrogen-bond donors (Lipinski definition) is 1. The summed E-state index contributed by atoms with van der Waals surface area (Å²) in [6.45, 7) is 0. The van der Waals surface area contributed by atoms with Crippen LogP contribution in [0.1, 0.15) is 15.9 Å². The fraction of sp³-hybridized carbons (Fsp3) is 0.0714. The van der Waals surface area contributed by atoms with Gasteiger partial charge in [-0.25, -0.2) is 4.39 Å². The Morgan fingerprint density at radius 1 is 1.17 bits per heavy atom. The third-order valence-corrected chi connectivity index (χ3v) is 3.09. The molecule has 0 saturated heterocycles. The Hall–Kier alpha value is -1.68. The van der Waals surface area contributed by atoms with Gasteiger partial charge >= 0.3 is 0 Å². The van der Waals surface area contributed by atoms with Gasteiger partial charge in [0.05, 0.1) is 0 Å². The van der Waals surface area contributed by atoms with Crippen molar-refractivity contribution in [3.05, 3.63) is 65.5 Å². The Bertz CT molecular complexity index is 554. The van der Waals surface area contributed by atoms with Crippen LogP contribution in [0.3, 0.4) is 0 Å². The highest BCUT2D eigenvalue weighted by molar-refractivity contribution is 9.08. The normalized spacial score (nSPS) is 10.1. The van der Waals surface area contributed by atoms with Crippen LogP contribution in [0.4, 0.5) is 10.1 Å². The summed E-state index contributed by atoms with van der Waals surface area (Å²) in [5, 5.41) is 3.50. The molecule has 92 valence electrons. The number of halogens is 2. The molecule has 0 aliphatic heterocycles. The molecule has 0 bridgehead atoms. The molecule has 0 aliphatic rings. The van der Waals surface area contributed by atoms with Gasteiger partial charge in [-0.15, -0.1) is 0 Å². The van der Waals surface area contributed by atoms with Crippen LogP contribution in [0, 0.1) is 5.82 Å². The zero-order chi connectivity index (χ0) is 13.0. The highest BCUT2D eigenvalue weighted by Crippen LogP contribution is 2.14. The molecular weight excluding hydrogens is 297 g/mol. The first-order valence-electron chi connectivity index (χ1n) is 5.41. The number of amides is 1. The summed E-state index contributed by atoms with van der Waals surface area (Å²) in [5.41, 5.74) is 2.23. The number of carbonyl (C=O) groups is 1. The zero-order valence-corrected chi connectivity index (χ0v) is 11.1. The van der Waals surface area contributed by atoms with E-state index in [4.69, 9.17) is 0 Å². The quantitative estimate of drug-likeness (QED) is 0.854. The molecule has 2 rings (SSSR count). The van der Waals surface area contributed by atoms with Gasteiger partial charge in [0.25, 0.3) is 5.91 Å². The maximum atomic E-state index is 12.7. The number of anilines is 1. The van der Waals surface area contributed by atoms with E-state index in [1.807, 2.05) is 24.3 Å². The lowest BCUT2D eigenvalue weighted by atomic mass is 10.2. The predicted molar refractivity (Wildman–Crippen MR) is 73.4 cm³/mol. The highest BCUT2D eigenvalue weighted by Gasteiger charge is 2.06. The van der Waals surface area contributed by atoms with Crippen molar-refractivity contribution in [2.24, 2.45) is 0 Å². The first kappa shape index (κ1) is 12.8. The first-order valence-corrected chi connectivity index (χ1v) is 6.53. The van der Waals surface area contributed by atoms with E-state index in [2.05, 4.69) is 21.2 Å². The van der Waals surface area contributed by atoms with Crippen LogP contribution in [0.2, 0.25) is 0 Å². The van der Waals surface area contributed by atoms with E-state index >= 15 is 0 Å². The third-order valence-electron chi connectivity index (χ3n) is 2.45. The standard InChI is InChI=1S/C14H11BrFNO/c15-9-10-2-1-3-13(8-10)17-14(18)11-4-6-12(16)7-5-11/h1-8H,9H2,(H,17,18). The van der Waals surface area contributed by atoms with Gasteiger partial charge < -0.3 is 5.32 Å². The van der Waals surface area contributed by atoms with E-state index in [1.54, 1.807) is 0 Å². The van der Waals surface area contributed by atoms with Crippen LogP contribution in [0.15, 0.2) is 48.5 Å². The molecule has 1 amide bonds. The van der Waals surface area contributed by atoms with E-state index in [0.717, 1.165) is 16.6 Å². The second kappa shape index (κ2) is 5.78. The number of carbonyl (C=O) groups excluding carboxylic acids is 1. The Balaban J connectivity index is 2.13. The van der Waals surface area contributed by atoms with Crippen LogP contribution >= 0.6 is 15.9 Å². The molecule has 0 aliphatic carbocycles. The van der Waals surface area contributed by atoms with Crippen LogP contribution in [-0.4, -0.2) is 5.91 Å². The third kappa shape index (κ3) is 3.17. The Morgan fingerprint density at radius 3 is 2.56 bits per heavy atom. The van der Waals surface area contributed by atoms with Gasteiger partial charge in [0.15, 0.2) is 0 Å². The van der Waals surface area contributed by atoms with Crippen LogP contribution in [0.5, 0.6) is 0 Å². The fourth-order valence-electron chi connectivity index (χ4n) is 1.54. The molecule has 1 N–H and O–H groups in total.